The lowest BCUT2D eigenvalue weighted by Crippen LogP contribution is -2.46. The first-order valence-electron chi connectivity index (χ1n) is 14.3. The number of fused-ring (bicyclic) bond motifs is 1. The van der Waals surface area contributed by atoms with Gasteiger partial charge in [0, 0.05) is 54.8 Å². The predicted molar refractivity (Wildman–Crippen MR) is 165 cm³/mol. The molecule has 11 heteroatoms. The predicted octanol–water partition coefficient (Wildman–Crippen LogP) is 6.00. The van der Waals surface area contributed by atoms with Crippen molar-refractivity contribution in [3.8, 4) is 5.75 Å². The van der Waals surface area contributed by atoms with Gasteiger partial charge in [0.15, 0.2) is 5.58 Å². The molecule has 0 saturated carbocycles. The number of oxazole rings is 1. The van der Waals surface area contributed by atoms with E-state index in [1.165, 1.54) is 5.69 Å². The molecular formula is C32H31Cl2N5O4. The molecule has 2 aliphatic rings. The van der Waals surface area contributed by atoms with Crippen LogP contribution in [0.5, 0.6) is 5.75 Å². The number of nitrogens with zero attached hydrogens (tertiary/aromatic N) is 5. The lowest BCUT2D eigenvalue weighted by atomic mass is 10.1. The highest BCUT2D eigenvalue weighted by atomic mass is 35.5. The monoisotopic (exact) mass is 619 g/mol. The summed E-state index contributed by atoms with van der Waals surface area (Å²) in [5.41, 5.74) is 3.63. The highest BCUT2D eigenvalue weighted by Gasteiger charge is 2.45. The Bertz CT molecular complexity index is 1640. The van der Waals surface area contributed by atoms with Gasteiger partial charge in [-0.1, -0.05) is 41.4 Å². The molecule has 5 aromatic rings. The van der Waals surface area contributed by atoms with Gasteiger partial charge in [0.05, 0.1) is 31.0 Å². The first kappa shape index (κ1) is 28.2. The normalized spacial score (nSPS) is 21.1. The molecule has 9 nitrogen and oxygen atoms in total. The van der Waals surface area contributed by atoms with Gasteiger partial charge in [-0.15, -0.1) is 0 Å². The maximum Gasteiger partial charge on any atom is 0.215 e. The summed E-state index contributed by atoms with van der Waals surface area (Å²) in [5, 5.41) is 1.03. The van der Waals surface area contributed by atoms with Crippen LogP contribution in [0.3, 0.4) is 0 Å². The van der Waals surface area contributed by atoms with E-state index < -0.39 is 5.79 Å². The van der Waals surface area contributed by atoms with Crippen LogP contribution >= 0.6 is 23.2 Å². The van der Waals surface area contributed by atoms with Crippen LogP contribution in [-0.4, -0.2) is 64.9 Å². The summed E-state index contributed by atoms with van der Waals surface area (Å²) in [7, 11) is 0. The molecule has 222 valence electrons. The molecule has 2 atom stereocenters. The third-order valence-corrected chi connectivity index (χ3v) is 8.41. The second kappa shape index (κ2) is 12.2. The average molecular weight is 621 g/mol. The minimum atomic E-state index is -1.08. The Morgan fingerprint density at radius 2 is 1.81 bits per heavy atom. The molecule has 7 rings (SSSR count). The summed E-state index contributed by atoms with van der Waals surface area (Å²) < 4.78 is 26.7. The molecule has 0 aliphatic carbocycles. The summed E-state index contributed by atoms with van der Waals surface area (Å²) >= 11 is 12.7. The van der Waals surface area contributed by atoms with Gasteiger partial charge in [0.1, 0.15) is 24.0 Å². The summed E-state index contributed by atoms with van der Waals surface area (Å²) in [5.74, 6) is 0.463. The van der Waals surface area contributed by atoms with Crippen LogP contribution in [0.25, 0.3) is 11.1 Å². The van der Waals surface area contributed by atoms with Gasteiger partial charge in [0.2, 0.25) is 11.7 Å². The smallest absolute Gasteiger partial charge is 0.215 e. The van der Waals surface area contributed by atoms with E-state index >= 15 is 0 Å². The number of ether oxygens (including phenoxy) is 3. The fourth-order valence-corrected chi connectivity index (χ4v) is 6.21. The third-order valence-electron chi connectivity index (χ3n) is 7.86. The molecule has 0 N–H and O–H groups in total. The number of rotatable bonds is 9. The van der Waals surface area contributed by atoms with E-state index in [1.807, 2.05) is 53.2 Å². The summed E-state index contributed by atoms with van der Waals surface area (Å²) in [6.07, 6.45) is 5.02. The summed E-state index contributed by atoms with van der Waals surface area (Å²) in [6.45, 7) is 5.55. The highest BCUT2D eigenvalue weighted by Crippen LogP contribution is 2.40. The first-order valence-corrected chi connectivity index (χ1v) is 15.1. The largest absolute Gasteiger partial charge is 0.491 e. The van der Waals surface area contributed by atoms with E-state index in [2.05, 4.69) is 31.9 Å². The van der Waals surface area contributed by atoms with E-state index in [0.29, 0.717) is 35.4 Å². The average Bonchev–Trinajstić information content (AvgIpc) is 3.77. The van der Waals surface area contributed by atoms with Gasteiger partial charge in [-0.05, 0) is 48.5 Å². The maximum atomic E-state index is 6.58. The molecule has 43 heavy (non-hydrogen) atoms. The number of piperazine rings is 1. The SMILES string of the molecule is Clc1ccc([C@]2(Cn3ccnc3)OC[C@@H](COc3ccc(N4CCN(Cc5nc6ccccc6o5)CC4)cc3)O2)c(Cl)c1. The van der Waals surface area contributed by atoms with E-state index in [9.17, 15) is 0 Å². The van der Waals surface area contributed by atoms with Crippen molar-refractivity contribution in [2.75, 3.05) is 44.3 Å². The highest BCUT2D eigenvalue weighted by molar-refractivity contribution is 6.35. The van der Waals surface area contributed by atoms with Crippen LogP contribution in [0.4, 0.5) is 5.69 Å². The number of imidazole rings is 1. The molecule has 2 saturated heterocycles. The fraction of sp³-hybridized carbons (Fsp3) is 0.312. The maximum absolute atomic E-state index is 6.58. The van der Waals surface area contributed by atoms with Crippen LogP contribution in [0.15, 0.2) is 89.9 Å². The van der Waals surface area contributed by atoms with Gasteiger partial charge in [-0.2, -0.15) is 0 Å². The molecule has 2 aliphatic heterocycles. The van der Waals surface area contributed by atoms with E-state index in [0.717, 1.165) is 55.5 Å². The van der Waals surface area contributed by atoms with Gasteiger partial charge < -0.3 is 28.1 Å². The van der Waals surface area contributed by atoms with Gasteiger partial charge in [-0.3, -0.25) is 4.90 Å². The lowest BCUT2D eigenvalue weighted by Gasteiger charge is -2.35. The number of benzene rings is 3. The second-order valence-electron chi connectivity index (χ2n) is 10.8. The Kier molecular flexibility index (Phi) is 7.99. The number of hydrogen-bond acceptors (Lipinski definition) is 8. The topological polar surface area (TPSA) is 78.0 Å². The minimum absolute atomic E-state index is 0.288. The quantitative estimate of drug-likeness (QED) is 0.199. The van der Waals surface area contributed by atoms with Gasteiger partial charge in [-0.25, -0.2) is 9.97 Å². The number of hydrogen-bond donors (Lipinski definition) is 0. The van der Waals surface area contributed by atoms with E-state index in [1.54, 1.807) is 24.7 Å². The third kappa shape index (κ3) is 6.23. The zero-order chi connectivity index (χ0) is 29.2. The van der Waals surface area contributed by atoms with Crippen molar-refractivity contribution in [2.45, 2.75) is 25.0 Å². The van der Waals surface area contributed by atoms with Crippen molar-refractivity contribution >= 4 is 40.0 Å². The molecule has 2 aromatic heterocycles. The first-order chi connectivity index (χ1) is 21.0. The molecule has 0 unspecified atom stereocenters. The Balaban J connectivity index is 0.933. The van der Waals surface area contributed by atoms with Crippen molar-refractivity contribution < 1.29 is 18.6 Å². The van der Waals surface area contributed by atoms with E-state index in [4.69, 9.17) is 41.8 Å². The lowest BCUT2D eigenvalue weighted by molar-refractivity contribution is -0.189. The fourth-order valence-electron chi connectivity index (χ4n) is 5.66. The standard InChI is InChI=1S/C32H31Cl2N5O4/c33-23-5-10-27(28(34)17-23)32(21-38-12-11-35-22-38)41-20-26(43-32)19-40-25-8-6-24(7-9-25)39-15-13-37(14-16-39)18-31-36-29-3-1-2-4-30(29)42-31/h1-12,17,22,26H,13-16,18-21H2/t26-,32-/m1/s1. The molecule has 4 heterocycles. The number of halogens is 2. The number of aromatic nitrogens is 3. The summed E-state index contributed by atoms with van der Waals surface area (Å²) in [4.78, 5) is 13.5. The Morgan fingerprint density at radius 1 is 0.977 bits per heavy atom. The van der Waals surface area contributed by atoms with Crippen LogP contribution < -0.4 is 9.64 Å². The van der Waals surface area contributed by atoms with Crippen molar-refractivity contribution in [1.29, 1.82) is 0 Å². The number of anilines is 1. The van der Waals surface area contributed by atoms with Crippen molar-refractivity contribution in [3.63, 3.8) is 0 Å². The Hall–Kier alpha value is -3.60. The molecule has 2 fully saturated rings. The van der Waals surface area contributed by atoms with Gasteiger partial charge >= 0.3 is 0 Å². The van der Waals surface area contributed by atoms with Crippen LogP contribution in [0, 0.1) is 0 Å². The van der Waals surface area contributed by atoms with Crippen LogP contribution in [0.2, 0.25) is 10.0 Å². The second-order valence-corrected chi connectivity index (χ2v) is 11.7. The molecule has 3 aromatic carbocycles. The zero-order valence-electron chi connectivity index (χ0n) is 23.4. The summed E-state index contributed by atoms with van der Waals surface area (Å²) in [6, 6.07) is 21.4. The molecule has 0 amide bonds. The Morgan fingerprint density at radius 3 is 2.58 bits per heavy atom. The van der Waals surface area contributed by atoms with Crippen molar-refractivity contribution in [1.82, 2.24) is 19.4 Å². The van der Waals surface area contributed by atoms with Crippen molar-refractivity contribution in [3.05, 3.63) is 107 Å². The van der Waals surface area contributed by atoms with Gasteiger partial charge in [0.25, 0.3) is 0 Å². The molecule has 0 spiro atoms. The molecular weight excluding hydrogens is 589 g/mol. The van der Waals surface area contributed by atoms with E-state index in [-0.39, 0.29) is 6.10 Å². The molecule has 0 bridgehead atoms. The number of para-hydroxylation sites is 2. The van der Waals surface area contributed by atoms with Crippen LogP contribution in [-0.2, 0) is 28.4 Å². The van der Waals surface area contributed by atoms with Crippen molar-refractivity contribution in [2.24, 2.45) is 0 Å². The minimum Gasteiger partial charge on any atom is -0.491 e. The zero-order valence-corrected chi connectivity index (χ0v) is 25.0. The van der Waals surface area contributed by atoms with Crippen LogP contribution in [0.1, 0.15) is 11.5 Å². The molecule has 0 radical (unpaired) electrons. The Labute approximate surface area is 259 Å².